The van der Waals surface area contributed by atoms with Gasteiger partial charge in [-0.1, -0.05) is 18.5 Å². The fraction of sp³-hybridized carbons (Fsp3) is 0.467. The van der Waals surface area contributed by atoms with Gasteiger partial charge in [-0.25, -0.2) is 4.98 Å². The quantitative estimate of drug-likeness (QED) is 0.852. The number of carbonyl (C=O) groups is 1. The smallest absolute Gasteiger partial charge is 0.272 e. The molecule has 3 rings (SSSR count). The van der Waals surface area contributed by atoms with Gasteiger partial charge in [0.1, 0.15) is 11.3 Å². The molecule has 2 aromatic heterocycles. The number of fused-ring (bicyclic) bond motifs is 1. The molecule has 0 bridgehead atoms. The van der Waals surface area contributed by atoms with E-state index in [0.717, 1.165) is 43.7 Å². The molecule has 1 amide bonds. The Morgan fingerprint density at radius 2 is 2.05 bits per heavy atom. The molecule has 0 aliphatic carbocycles. The second-order valence-corrected chi connectivity index (χ2v) is 5.63. The van der Waals surface area contributed by atoms with Gasteiger partial charge < -0.3 is 4.90 Å². The topological polar surface area (TPSA) is 37.6 Å². The average molecular weight is 292 g/mol. The van der Waals surface area contributed by atoms with Gasteiger partial charge in [-0.15, -0.1) is 0 Å². The monoisotopic (exact) mass is 291 g/mol. The summed E-state index contributed by atoms with van der Waals surface area (Å²) in [7, 11) is 0. The van der Waals surface area contributed by atoms with Gasteiger partial charge in [0.2, 0.25) is 0 Å². The first-order chi connectivity index (χ1) is 9.70. The van der Waals surface area contributed by atoms with Crippen molar-refractivity contribution in [3.63, 3.8) is 0 Å². The maximum atomic E-state index is 12.8. The minimum atomic E-state index is 0.0799. The Kier molecular flexibility index (Phi) is 3.66. The molecular formula is C15H18ClN3O. The average Bonchev–Trinajstić information content (AvgIpc) is 2.85. The van der Waals surface area contributed by atoms with Crippen molar-refractivity contribution in [2.45, 2.75) is 32.6 Å². The van der Waals surface area contributed by atoms with Crippen LogP contribution in [0.4, 0.5) is 0 Å². The summed E-state index contributed by atoms with van der Waals surface area (Å²) in [5, 5.41) is 0.616. The third-order valence-electron chi connectivity index (χ3n) is 3.84. The van der Waals surface area contributed by atoms with E-state index in [1.807, 2.05) is 22.3 Å². The minimum absolute atomic E-state index is 0.0799. The van der Waals surface area contributed by atoms with Crippen LogP contribution in [0, 0.1) is 0 Å². The van der Waals surface area contributed by atoms with Gasteiger partial charge in [0.15, 0.2) is 0 Å². The standard InChI is InChI=1S/C15H18ClN3O/c1-2-12-14(15(20)18-8-4-3-5-9-18)19-10-11(16)6-7-13(19)17-12/h6-7,10H,2-5,8-9H2,1H3. The van der Waals surface area contributed by atoms with E-state index in [2.05, 4.69) is 4.98 Å². The van der Waals surface area contributed by atoms with Crippen molar-refractivity contribution in [1.29, 1.82) is 0 Å². The van der Waals surface area contributed by atoms with Crippen LogP contribution in [-0.2, 0) is 6.42 Å². The van der Waals surface area contributed by atoms with E-state index in [1.165, 1.54) is 6.42 Å². The summed E-state index contributed by atoms with van der Waals surface area (Å²) in [6.07, 6.45) is 5.91. The van der Waals surface area contributed by atoms with Crippen LogP contribution in [0.3, 0.4) is 0 Å². The third-order valence-corrected chi connectivity index (χ3v) is 4.06. The molecule has 4 nitrogen and oxygen atoms in total. The molecular weight excluding hydrogens is 274 g/mol. The number of amides is 1. The Bertz CT molecular complexity index is 644. The van der Waals surface area contributed by atoms with Crippen LogP contribution in [-0.4, -0.2) is 33.3 Å². The number of nitrogens with zero attached hydrogens (tertiary/aromatic N) is 3. The Hall–Kier alpha value is -1.55. The lowest BCUT2D eigenvalue weighted by Crippen LogP contribution is -2.36. The highest BCUT2D eigenvalue weighted by Crippen LogP contribution is 2.20. The number of pyridine rings is 1. The molecule has 0 radical (unpaired) electrons. The summed E-state index contributed by atoms with van der Waals surface area (Å²) in [5.41, 5.74) is 2.31. The molecule has 0 unspecified atom stereocenters. The number of aromatic nitrogens is 2. The van der Waals surface area contributed by atoms with E-state index in [1.54, 1.807) is 12.3 Å². The first kappa shape index (κ1) is 13.4. The number of hydrogen-bond donors (Lipinski definition) is 0. The van der Waals surface area contributed by atoms with Crippen molar-refractivity contribution in [2.24, 2.45) is 0 Å². The molecule has 0 N–H and O–H groups in total. The van der Waals surface area contributed by atoms with E-state index in [4.69, 9.17) is 11.6 Å². The lowest BCUT2D eigenvalue weighted by atomic mass is 10.1. The van der Waals surface area contributed by atoms with Crippen molar-refractivity contribution >= 4 is 23.2 Å². The minimum Gasteiger partial charge on any atom is -0.337 e. The number of rotatable bonds is 2. The van der Waals surface area contributed by atoms with Crippen LogP contribution in [0.15, 0.2) is 18.3 Å². The van der Waals surface area contributed by atoms with E-state index in [9.17, 15) is 4.79 Å². The third kappa shape index (κ3) is 2.29. The Labute approximate surface area is 123 Å². The van der Waals surface area contributed by atoms with Crippen molar-refractivity contribution in [2.75, 3.05) is 13.1 Å². The number of halogens is 1. The SMILES string of the molecule is CCc1nc2ccc(Cl)cn2c1C(=O)N1CCCCC1. The predicted molar refractivity (Wildman–Crippen MR) is 79.3 cm³/mol. The Balaban J connectivity index is 2.08. The fourth-order valence-corrected chi connectivity index (χ4v) is 2.95. The predicted octanol–water partition coefficient (Wildman–Crippen LogP) is 3.18. The lowest BCUT2D eigenvalue weighted by molar-refractivity contribution is 0.0716. The lowest BCUT2D eigenvalue weighted by Gasteiger charge is -2.26. The number of hydrogen-bond acceptors (Lipinski definition) is 2. The van der Waals surface area contributed by atoms with Gasteiger partial charge in [0, 0.05) is 19.3 Å². The second-order valence-electron chi connectivity index (χ2n) is 5.19. The molecule has 2 aromatic rings. The molecule has 0 aromatic carbocycles. The first-order valence-electron chi connectivity index (χ1n) is 7.16. The Morgan fingerprint density at radius 3 is 2.75 bits per heavy atom. The zero-order valence-electron chi connectivity index (χ0n) is 11.6. The zero-order valence-corrected chi connectivity index (χ0v) is 12.4. The second kappa shape index (κ2) is 5.44. The van der Waals surface area contributed by atoms with Gasteiger partial charge in [0.25, 0.3) is 5.91 Å². The van der Waals surface area contributed by atoms with Gasteiger partial charge in [-0.2, -0.15) is 0 Å². The highest BCUT2D eigenvalue weighted by atomic mass is 35.5. The summed E-state index contributed by atoms with van der Waals surface area (Å²) in [6, 6.07) is 3.66. The molecule has 1 fully saturated rings. The summed E-state index contributed by atoms with van der Waals surface area (Å²) < 4.78 is 1.83. The zero-order chi connectivity index (χ0) is 14.1. The number of carbonyl (C=O) groups excluding carboxylic acids is 1. The van der Waals surface area contributed by atoms with Crippen molar-refractivity contribution in [1.82, 2.24) is 14.3 Å². The van der Waals surface area contributed by atoms with Crippen LogP contribution in [0.1, 0.15) is 42.4 Å². The largest absolute Gasteiger partial charge is 0.337 e. The van der Waals surface area contributed by atoms with Crippen molar-refractivity contribution in [3.05, 3.63) is 34.7 Å². The molecule has 106 valence electrons. The number of imidazole rings is 1. The summed E-state index contributed by atoms with van der Waals surface area (Å²) in [5.74, 6) is 0.0799. The van der Waals surface area contributed by atoms with Gasteiger partial charge in [-0.3, -0.25) is 9.20 Å². The van der Waals surface area contributed by atoms with Crippen molar-refractivity contribution < 1.29 is 4.79 Å². The van der Waals surface area contributed by atoms with Gasteiger partial charge >= 0.3 is 0 Å². The highest BCUT2D eigenvalue weighted by molar-refractivity contribution is 6.30. The van der Waals surface area contributed by atoms with Gasteiger partial charge in [-0.05, 0) is 37.8 Å². The van der Waals surface area contributed by atoms with E-state index in [-0.39, 0.29) is 5.91 Å². The summed E-state index contributed by atoms with van der Waals surface area (Å²) in [4.78, 5) is 19.3. The van der Waals surface area contributed by atoms with Crippen LogP contribution in [0.25, 0.3) is 5.65 Å². The molecule has 0 atom stereocenters. The maximum absolute atomic E-state index is 12.8. The summed E-state index contributed by atoms with van der Waals surface area (Å²) in [6.45, 7) is 3.71. The summed E-state index contributed by atoms with van der Waals surface area (Å²) >= 11 is 6.06. The van der Waals surface area contributed by atoms with Crippen LogP contribution >= 0.6 is 11.6 Å². The van der Waals surface area contributed by atoms with E-state index in [0.29, 0.717) is 10.7 Å². The molecule has 20 heavy (non-hydrogen) atoms. The molecule has 3 heterocycles. The molecule has 1 aliphatic rings. The van der Waals surface area contributed by atoms with Crippen LogP contribution < -0.4 is 0 Å². The van der Waals surface area contributed by atoms with Crippen LogP contribution in [0.2, 0.25) is 5.02 Å². The molecule has 0 saturated carbocycles. The Morgan fingerprint density at radius 1 is 1.30 bits per heavy atom. The van der Waals surface area contributed by atoms with Crippen LogP contribution in [0.5, 0.6) is 0 Å². The fourth-order valence-electron chi connectivity index (χ4n) is 2.79. The molecule has 0 spiro atoms. The number of likely N-dealkylation sites (tertiary alicyclic amines) is 1. The molecule has 5 heteroatoms. The number of aryl methyl sites for hydroxylation is 1. The molecule has 1 aliphatic heterocycles. The molecule has 1 saturated heterocycles. The normalized spacial score (nSPS) is 15.8. The van der Waals surface area contributed by atoms with E-state index < -0.39 is 0 Å². The van der Waals surface area contributed by atoms with E-state index >= 15 is 0 Å². The first-order valence-corrected chi connectivity index (χ1v) is 7.54. The van der Waals surface area contributed by atoms with Crippen molar-refractivity contribution in [3.8, 4) is 0 Å². The van der Waals surface area contributed by atoms with Gasteiger partial charge in [0.05, 0.1) is 10.7 Å². The highest BCUT2D eigenvalue weighted by Gasteiger charge is 2.24. The maximum Gasteiger partial charge on any atom is 0.272 e. The number of piperidine rings is 1.